The van der Waals surface area contributed by atoms with E-state index in [1.165, 1.54) is 0 Å². The fourth-order valence-corrected chi connectivity index (χ4v) is 9.63. The third-order valence-electron chi connectivity index (χ3n) is 12.8. The van der Waals surface area contributed by atoms with Crippen LogP contribution >= 0.6 is 0 Å². The van der Waals surface area contributed by atoms with Gasteiger partial charge in [-0.05, 0) is 53.6 Å². The Bertz CT molecular complexity index is 3950. The van der Waals surface area contributed by atoms with Crippen LogP contribution in [0.3, 0.4) is 0 Å². The molecule has 0 saturated heterocycles. The Balaban J connectivity index is 1.04. The van der Waals surface area contributed by atoms with Gasteiger partial charge >= 0.3 is 0 Å². The summed E-state index contributed by atoms with van der Waals surface area (Å²) in [6, 6.07) is 82.2. The highest BCUT2D eigenvalue weighted by molar-refractivity contribution is 6.19. The summed E-state index contributed by atoms with van der Waals surface area (Å²) in [5, 5.41) is 4.43. The van der Waals surface area contributed by atoms with Gasteiger partial charge in [-0.3, -0.25) is 4.57 Å². The minimum Gasteiger partial charge on any atom is -0.309 e. The Morgan fingerprint density at radius 1 is 0.250 bits per heavy atom. The zero-order valence-electron chi connectivity index (χ0n) is 36.6. The molecule has 4 heterocycles. The summed E-state index contributed by atoms with van der Waals surface area (Å²) < 4.78 is 4.60. The lowest BCUT2D eigenvalue weighted by Crippen LogP contribution is -2.06. The van der Waals surface area contributed by atoms with Crippen LogP contribution in [0.5, 0.6) is 0 Å². The number of nitrogens with zero attached hydrogens (tertiary/aromatic N) is 7. The molecule has 0 aliphatic heterocycles. The van der Waals surface area contributed by atoms with E-state index in [1.807, 2.05) is 72.8 Å². The van der Waals surface area contributed by atoms with E-state index in [1.54, 1.807) is 0 Å². The Hall–Kier alpha value is -9.33. The summed E-state index contributed by atoms with van der Waals surface area (Å²) in [5.41, 5.74) is 13.9. The molecule has 0 N–H and O–H groups in total. The van der Waals surface area contributed by atoms with Crippen molar-refractivity contribution in [3.8, 4) is 79.4 Å². The fourth-order valence-electron chi connectivity index (χ4n) is 9.63. The molecule has 7 heteroatoms. The molecule has 0 bridgehead atoms. The molecule has 4 aromatic heterocycles. The van der Waals surface area contributed by atoms with E-state index in [9.17, 15) is 0 Å². The third kappa shape index (κ3) is 6.72. The molecule has 13 rings (SSSR count). The standard InChI is InChI=1S/C61H39N7/c1-5-20-40(21-6-1)44-28-19-29-45(36-44)60-62-51(41-22-7-2-8-23-41)39-52(63-60)48-32-15-18-35-55(48)67-53-33-16-13-30-46(53)49-38-57-50(37-56(49)67)47-31-14-17-34-54(47)68(57)61-65-58(42-24-9-3-10-25-42)64-59(66-61)43-26-11-4-12-27-43/h1-39H. The van der Waals surface area contributed by atoms with Crippen LogP contribution in [-0.4, -0.2) is 34.1 Å². The van der Waals surface area contributed by atoms with Crippen LogP contribution in [0.1, 0.15) is 0 Å². The van der Waals surface area contributed by atoms with Crippen molar-refractivity contribution in [1.29, 1.82) is 0 Å². The fraction of sp³-hybridized carbons (Fsp3) is 0. The monoisotopic (exact) mass is 869 g/mol. The smallest absolute Gasteiger partial charge is 0.238 e. The second-order valence-electron chi connectivity index (χ2n) is 16.9. The molecule has 0 spiro atoms. The van der Waals surface area contributed by atoms with E-state index in [0.29, 0.717) is 23.4 Å². The Morgan fingerprint density at radius 2 is 0.706 bits per heavy atom. The number of rotatable bonds is 8. The zero-order valence-corrected chi connectivity index (χ0v) is 36.6. The topological polar surface area (TPSA) is 74.3 Å². The van der Waals surface area contributed by atoms with Gasteiger partial charge in [-0.25, -0.2) is 15.0 Å². The number of para-hydroxylation sites is 3. The third-order valence-corrected chi connectivity index (χ3v) is 12.8. The quantitative estimate of drug-likeness (QED) is 0.152. The first-order valence-electron chi connectivity index (χ1n) is 22.8. The lowest BCUT2D eigenvalue weighted by Gasteiger charge is -2.15. The van der Waals surface area contributed by atoms with E-state index >= 15 is 0 Å². The lowest BCUT2D eigenvalue weighted by atomic mass is 10.0. The SMILES string of the molecule is c1ccc(-c2cccc(-c3nc(-c4ccccc4)cc(-c4ccccc4-n4c5ccccc5c5cc6c(cc54)c4ccccc4n6-c4nc(-c5ccccc5)nc(-c5ccccc5)n4)n3)c2)cc1. The normalized spacial score (nSPS) is 11.5. The molecule has 13 aromatic rings. The van der Waals surface area contributed by atoms with Crippen molar-refractivity contribution in [2.24, 2.45) is 0 Å². The molecule has 0 fully saturated rings. The minimum atomic E-state index is 0.556. The highest BCUT2D eigenvalue weighted by atomic mass is 15.2. The molecule has 318 valence electrons. The van der Waals surface area contributed by atoms with Gasteiger partial charge in [0.2, 0.25) is 5.95 Å². The second kappa shape index (κ2) is 16.3. The zero-order chi connectivity index (χ0) is 45.0. The molecule has 68 heavy (non-hydrogen) atoms. The maximum Gasteiger partial charge on any atom is 0.238 e. The van der Waals surface area contributed by atoms with E-state index in [4.69, 9.17) is 24.9 Å². The van der Waals surface area contributed by atoms with Crippen LogP contribution in [-0.2, 0) is 0 Å². The molecule has 0 aliphatic carbocycles. The summed E-state index contributed by atoms with van der Waals surface area (Å²) in [6.07, 6.45) is 0. The lowest BCUT2D eigenvalue weighted by molar-refractivity contribution is 0.954. The molecule has 0 atom stereocenters. The van der Waals surface area contributed by atoms with Crippen molar-refractivity contribution < 1.29 is 0 Å². The van der Waals surface area contributed by atoms with Gasteiger partial charge in [-0.2, -0.15) is 9.97 Å². The van der Waals surface area contributed by atoms with E-state index < -0.39 is 0 Å². The predicted octanol–water partition coefficient (Wildman–Crippen LogP) is 14.9. The Morgan fingerprint density at radius 3 is 1.34 bits per heavy atom. The van der Waals surface area contributed by atoms with Gasteiger partial charge in [-0.15, -0.1) is 0 Å². The number of hydrogen-bond donors (Lipinski definition) is 0. The molecule has 0 aliphatic rings. The van der Waals surface area contributed by atoms with Crippen LogP contribution in [0, 0.1) is 0 Å². The molecule has 9 aromatic carbocycles. The average molecular weight is 870 g/mol. The predicted molar refractivity (Wildman–Crippen MR) is 277 cm³/mol. The first-order chi connectivity index (χ1) is 33.7. The number of hydrogen-bond acceptors (Lipinski definition) is 5. The summed E-state index contributed by atoms with van der Waals surface area (Å²) in [7, 11) is 0. The molecule has 0 amide bonds. The van der Waals surface area contributed by atoms with Gasteiger partial charge in [0.25, 0.3) is 0 Å². The van der Waals surface area contributed by atoms with E-state index in [2.05, 4.69) is 173 Å². The van der Waals surface area contributed by atoms with Gasteiger partial charge in [0, 0.05) is 49.4 Å². The first kappa shape index (κ1) is 39.1. The van der Waals surface area contributed by atoms with Crippen molar-refractivity contribution >= 4 is 43.6 Å². The van der Waals surface area contributed by atoms with Crippen LogP contribution in [0.4, 0.5) is 0 Å². The van der Waals surface area contributed by atoms with Crippen LogP contribution in [0.15, 0.2) is 237 Å². The van der Waals surface area contributed by atoms with Gasteiger partial charge in [0.15, 0.2) is 17.5 Å². The highest BCUT2D eigenvalue weighted by Gasteiger charge is 2.23. The molecule has 0 saturated carbocycles. The van der Waals surface area contributed by atoms with Gasteiger partial charge in [0.1, 0.15) is 0 Å². The van der Waals surface area contributed by atoms with Crippen LogP contribution < -0.4 is 0 Å². The number of fused-ring (bicyclic) bond motifs is 6. The number of benzene rings is 9. The van der Waals surface area contributed by atoms with Crippen molar-refractivity contribution in [1.82, 2.24) is 34.1 Å². The van der Waals surface area contributed by atoms with E-state index in [0.717, 1.165) is 99.6 Å². The molecular formula is C61H39N7. The second-order valence-corrected chi connectivity index (χ2v) is 16.9. The minimum absolute atomic E-state index is 0.556. The van der Waals surface area contributed by atoms with Gasteiger partial charge in [-0.1, -0.05) is 194 Å². The summed E-state index contributed by atoms with van der Waals surface area (Å²) in [6.45, 7) is 0. The Labute approximate surface area is 392 Å². The largest absolute Gasteiger partial charge is 0.309 e. The molecule has 0 unspecified atom stereocenters. The van der Waals surface area contributed by atoms with Crippen molar-refractivity contribution in [2.45, 2.75) is 0 Å². The molecular weight excluding hydrogens is 831 g/mol. The van der Waals surface area contributed by atoms with Crippen molar-refractivity contribution in [3.05, 3.63) is 237 Å². The van der Waals surface area contributed by atoms with E-state index in [-0.39, 0.29) is 0 Å². The molecule has 0 radical (unpaired) electrons. The maximum atomic E-state index is 5.40. The average Bonchev–Trinajstić information content (AvgIpc) is 3.92. The van der Waals surface area contributed by atoms with Gasteiger partial charge < -0.3 is 4.57 Å². The first-order valence-corrected chi connectivity index (χ1v) is 22.8. The van der Waals surface area contributed by atoms with Gasteiger partial charge in [0.05, 0.1) is 39.1 Å². The summed E-state index contributed by atoms with van der Waals surface area (Å²) >= 11 is 0. The highest BCUT2D eigenvalue weighted by Crippen LogP contribution is 2.42. The summed E-state index contributed by atoms with van der Waals surface area (Å²) in [5.74, 6) is 2.44. The molecule has 7 nitrogen and oxygen atoms in total. The Kier molecular flexibility index (Phi) is 9.35. The summed E-state index contributed by atoms with van der Waals surface area (Å²) in [4.78, 5) is 26.1. The van der Waals surface area contributed by atoms with Crippen molar-refractivity contribution in [3.63, 3.8) is 0 Å². The number of aromatic nitrogens is 7. The maximum absolute atomic E-state index is 5.40. The van der Waals surface area contributed by atoms with Crippen molar-refractivity contribution in [2.75, 3.05) is 0 Å². The van der Waals surface area contributed by atoms with Crippen LogP contribution in [0.2, 0.25) is 0 Å². The van der Waals surface area contributed by atoms with Crippen LogP contribution in [0.25, 0.3) is 123 Å².